The average Bonchev–Trinajstić information content (AvgIpc) is 3.55. The van der Waals surface area contributed by atoms with Crippen molar-refractivity contribution in [2.24, 2.45) is 14.1 Å². The standard InChI is InChI=1S/C35H42ClN11O4/c1-35(2,51)12-15-47-27-16-20(6-8-25(27)44(4)34(47)50)39-31-24(36)19-38-33(41-31)43(3)21-10-13-46(14-11-21)28-17-26-23(18-37-28)30(42-45(26)5)22-7-9-29(48)40-32(22)49/h6,8,16-19,21-22,51H,7,9-15H2,1-5H3,(H,38,39,41)(H,40,48,49). The van der Waals surface area contributed by atoms with Crippen molar-refractivity contribution in [1.82, 2.24) is 39.2 Å². The number of piperidine rings is 2. The third-order valence-electron chi connectivity index (χ3n) is 10.1. The minimum absolute atomic E-state index is 0.145. The number of pyridine rings is 1. The summed E-state index contributed by atoms with van der Waals surface area (Å²) in [5.41, 5.74) is 2.74. The van der Waals surface area contributed by atoms with Gasteiger partial charge in [-0.05, 0) is 57.7 Å². The molecule has 2 amide bonds. The second kappa shape index (κ2) is 13.3. The summed E-state index contributed by atoms with van der Waals surface area (Å²) in [6.45, 7) is 5.39. The van der Waals surface area contributed by atoms with E-state index in [1.807, 2.05) is 38.4 Å². The molecule has 0 radical (unpaired) electrons. The monoisotopic (exact) mass is 715 g/mol. The number of hydrogen-bond acceptors (Lipinski definition) is 11. The first-order chi connectivity index (χ1) is 24.3. The van der Waals surface area contributed by atoms with E-state index in [1.54, 1.807) is 47.1 Å². The number of carbonyl (C=O) groups is 2. The van der Waals surface area contributed by atoms with Crippen LogP contribution < -0.4 is 26.1 Å². The summed E-state index contributed by atoms with van der Waals surface area (Å²) in [5.74, 6) is 0.805. The summed E-state index contributed by atoms with van der Waals surface area (Å²) in [6.07, 6.45) is 6.24. The molecule has 0 aliphatic carbocycles. The number of nitrogens with zero attached hydrogens (tertiary/aromatic N) is 9. The van der Waals surface area contributed by atoms with Crippen molar-refractivity contribution in [2.75, 3.05) is 35.3 Å². The predicted octanol–water partition coefficient (Wildman–Crippen LogP) is 3.60. The van der Waals surface area contributed by atoms with Crippen LogP contribution in [-0.4, -0.2) is 82.6 Å². The smallest absolute Gasteiger partial charge is 0.328 e. The number of benzene rings is 1. The number of imidazole rings is 1. The summed E-state index contributed by atoms with van der Waals surface area (Å²) < 4.78 is 5.06. The van der Waals surface area contributed by atoms with Crippen molar-refractivity contribution in [3.8, 4) is 0 Å². The quantitative estimate of drug-likeness (QED) is 0.191. The van der Waals surface area contributed by atoms with E-state index in [4.69, 9.17) is 21.6 Å². The second-order valence-electron chi connectivity index (χ2n) is 14.2. The lowest BCUT2D eigenvalue weighted by molar-refractivity contribution is -0.134. The fraction of sp³-hybridized carbons (Fsp3) is 0.457. The summed E-state index contributed by atoms with van der Waals surface area (Å²) in [6, 6.07) is 7.85. The van der Waals surface area contributed by atoms with Crippen molar-refractivity contribution in [2.45, 2.75) is 70.1 Å². The van der Waals surface area contributed by atoms with E-state index < -0.39 is 11.5 Å². The van der Waals surface area contributed by atoms with Crippen LogP contribution in [0, 0.1) is 0 Å². The van der Waals surface area contributed by atoms with Gasteiger partial charge in [0.05, 0.1) is 40.0 Å². The molecular weight excluding hydrogens is 674 g/mol. The first-order valence-corrected chi connectivity index (χ1v) is 17.5. The number of halogens is 1. The number of amides is 2. The molecule has 1 aromatic carbocycles. The van der Waals surface area contributed by atoms with E-state index >= 15 is 0 Å². The summed E-state index contributed by atoms with van der Waals surface area (Å²) in [5, 5.41) is 21.8. The van der Waals surface area contributed by atoms with E-state index in [1.165, 1.54) is 0 Å². The van der Waals surface area contributed by atoms with Gasteiger partial charge in [-0.25, -0.2) is 14.8 Å². The van der Waals surface area contributed by atoms with Crippen molar-refractivity contribution < 1.29 is 14.7 Å². The maximum absolute atomic E-state index is 13.0. The molecule has 5 aromatic rings. The number of aliphatic hydroxyl groups is 1. The van der Waals surface area contributed by atoms with Gasteiger partial charge in [0, 0.05) is 76.6 Å². The van der Waals surface area contributed by atoms with Crippen LogP contribution in [0.4, 0.5) is 23.3 Å². The largest absolute Gasteiger partial charge is 0.390 e. The van der Waals surface area contributed by atoms with Gasteiger partial charge in [-0.2, -0.15) is 10.1 Å². The van der Waals surface area contributed by atoms with Gasteiger partial charge in [0.25, 0.3) is 0 Å². The highest BCUT2D eigenvalue weighted by atomic mass is 35.5. The Balaban J connectivity index is 1.04. The van der Waals surface area contributed by atoms with Gasteiger partial charge < -0.3 is 20.2 Å². The van der Waals surface area contributed by atoms with E-state index in [0.29, 0.717) is 48.3 Å². The third-order valence-corrected chi connectivity index (χ3v) is 10.3. The number of fused-ring (bicyclic) bond motifs is 2. The summed E-state index contributed by atoms with van der Waals surface area (Å²) >= 11 is 6.57. The maximum Gasteiger partial charge on any atom is 0.328 e. The molecule has 16 heteroatoms. The SMILES string of the molecule is CN(c1ncc(Cl)c(Nc2ccc3c(c2)n(CCC(C)(C)O)c(=O)n3C)n1)C1CCN(c2cc3c(cn2)c(C2CCC(=O)NC2=O)nn3C)CC1. The molecule has 6 heterocycles. The minimum Gasteiger partial charge on any atom is -0.390 e. The molecule has 3 N–H and O–H groups in total. The molecule has 268 valence electrons. The lowest BCUT2D eigenvalue weighted by atomic mass is 9.93. The molecule has 2 aliphatic heterocycles. The number of aryl methyl sites for hydroxylation is 3. The Kier molecular flexibility index (Phi) is 8.96. The molecule has 1 atom stereocenters. The van der Waals surface area contributed by atoms with Crippen LogP contribution >= 0.6 is 11.6 Å². The zero-order valence-electron chi connectivity index (χ0n) is 29.4. The number of nitrogens with one attached hydrogen (secondary N) is 2. The number of hydrogen-bond donors (Lipinski definition) is 3. The number of aromatic nitrogens is 7. The lowest BCUT2D eigenvalue weighted by Crippen LogP contribution is -2.44. The Morgan fingerprint density at radius 1 is 1.04 bits per heavy atom. The zero-order valence-corrected chi connectivity index (χ0v) is 30.1. The van der Waals surface area contributed by atoms with Crippen molar-refractivity contribution in [1.29, 1.82) is 0 Å². The Labute approximate surface area is 299 Å². The molecule has 2 saturated heterocycles. The normalized spacial score (nSPS) is 17.4. The minimum atomic E-state index is -0.902. The van der Waals surface area contributed by atoms with Crippen molar-refractivity contribution in [3.63, 3.8) is 0 Å². The first kappa shape index (κ1) is 34.4. The fourth-order valence-corrected chi connectivity index (χ4v) is 7.18. The van der Waals surface area contributed by atoms with Crippen LogP contribution in [0.25, 0.3) is 21.9 Å². The maximum atomic E-state index is 13.0. The highest BCUT2D eigenvalue weighted by Gasteiger charge is 2.32. The highest BCUT2D eigenvalue weighted by molar-refractivity contribution is 6.32. The molecular formula is C35H42ClN11O4. The van der Waals surface area contributed by atoms with Crippen LogP contribution in [0.2, 0.25) is 5.02 Å². The molecule has 0 bridgehead atoms. The molecule has 4 aromatic heterocycles. The Hall–Kier alpha value is -5.02. The molecule has 51 heavy (non-hydrogen) atoms. The van der Waals surface area contributed by atoms with Gasteiger partial charge in [-0.15, -0.1) is 0 Å². The van der Waals surface area contributed by atoms with E-state index in [9.17, 15) is 19.5 Å². The van der Waals surface area contributed by atoms with Crippen LogP contribution in [0.1, 0.15) is 57.6 Å². The second-order valence-corrected chi connectivity index (χ2v) is 14.6. The van der Waals surface area contributed by atoms with Crippen LogP contribution in [-0.2, 0) is 30.2 Å². The van der Waals surface area contributed by atoms with E-state index in [2.05, 4.69) is 30.5 Å². The van der Waals surface area contributed by atoms with Gasteiger partial charge in [-0.3, -0.25) is 28.7 Å². The molecule has 2 aliphatic rings. The molecule has 15 nitrogen and oxygen atoms in total. The van der Waals surface area contributed by atoms with Gasteiger partial charge in [-0.1, -0.05) is 11.6 Å². The fourth-order valence-electron chi connectivity index (χ4n) is 7.04. The molecule has 1 unspecified atom stereocenters. The molecule has 7 rings (SSSR count). The molecule has 2 fully saturated rings. The van der Waals surface area contributed by atoms with E-state index in [0.717, 1.165) is 59.4 Å². The number of anilines is 4. The topological polar surface area (TPSA) is 168 Å². The lowest BCUT2D eigenvalue weighted by Gasteiger charge is -2.37. The Bertz CT molecular complexity index is 2210. The van der Waals surface area contributed by atoms with E-state index in [-0.39, 0.29) is 23.5 Å². The third kappa shape index (κ3) is 6.75. The van der Waals surface area contributed by atoms with Gasteiger partial charge in [0.15, 0.2) is 5.82 Å². The molecule has 0 spiro atoms. The van der Waals surface area contributed by atoms with Crippen LogP contribution in [0.15, 0.2) is 41.5 Å². The number of carbonyl (C=O) groups excluding carboxylic acids is 2. The Morgan fingerprint density at radius 2 is 1.80 bits per heavy atom. The van der Waals surface area contributed by atoms with Gasteiger partial charge in [0.1, 0.15) is 10.8 Å². The van der Waals surface area contributed by atoms with Crippen LogP contribution in [0.3, 0.4) is 0 Å². The van der Waals surface area contributed by atoms with Crippen molar-refractivity contribution in [3.05, 3.63) is 57.9 Å². The summed E-state index contributed by atoms with van der Waals surface area (Å²) in [7, 11) is 5.58. The zero-order chi connectivity index (χ0) is 36.2. The van der Waals surface area contributed by atoms with Gasteiger partial charge >= 0.3 is 5.69 Å². The van der Waals surface area contributed by atoms with Crippen LogP contribution in [0.5, 0.6) is 0 Å². The first-order valence-electron chi connectivity index (χ1n) is 17.1. The average molecular weight is 716 g/mol. The Morgan fingerprint density at radius 3 is 2.53 bits per heavy atom. The molecule has 0 saturated carbocycles. The van der Waals surface area contributed by atoms with Gasteiger partial charge in [0.2, 0.25) is 17.8 Å². The van der Waals surface area contributed by atoms with Crippen molar-refractivity contribution >= 4 is 68.6 Å². The predicted molar refractivity (Wildman–Crippen MR) is 196 cm³/mol. The summed E-state index contributed by atoms with van der Waals surface area (Å²) in [4.78, 5) is 55.6. The number of imide groups is 1. The number of rotatable bonds is 9. The highest BCUT2D eigenvalue weighted by Crippen LogP contribution is 2.33.